The minimum absolute atomic E-state index is 0.00743. The molecule has 0 saturated heterocycles. The SMILES string of the molecule is CN1CCc2ccccc2C1CC(=O)NNC(=O)c1cccc(Cl)c1. The van der Waals surface area contributed by atoms with Gasteiger partial charge in [-0.05, 0) is 42.8 Å². The number of hydrazine groups is 1. The second-order valence-electron chi connectivity index (χ2n) is 6.16. The van der Waals surface area contributed by atoms with Crippen LogP contribution in [0.4, 0.5) is 0 Å². The number of carbonyl (C=O) groups excluding carboxylic acids is 2. The maximum Gasteiger partial charge on any atom is 0.269 e. The summed E-state index contributed by atoms with van der Waals surface area (Å²) in [4.78, 5) is 26.5. The molecule has 1 aliphatic rings. The largest absolute Gasteiger partial charge is 0.299 e. The summed E-state index contributed by atoms with van der Waals surface area (Å²) >= 11 is 5.87. The highest BCUT2D eigenvalue weighted by atomic mass is 35.5. The smallest absolute Gasteiger partial charge is 0.269 e. The fourth-order valence-electron chi connectivity index (χ4n) is 3.10. The zero-order valence-corrected chi connectivity index (χ0v) is 14.7. The van der Waals surface area contributed by atoms with Gasteiger partial charge in [0.15, 0.2) is 0 Å². The molecule has 5 nitrogen and oxygen atoms in total. The second kappa shape index (κ2) is 7.68. The predicted molar refractivity (Wildman–Crippen MR) is 97.2 cm³/mol. The van der Waals surface area contributed by atoms with Crippen LogP contribution in [-0.2, 0) is 11.2 Å². The van der Waals surface area contributed by atoms with Crippen molar-refractivity contribution in [3.63, 3.8) is 0 Å². The maximum atomic E-state index is 12.3. The second-order valence-corrected chi connectivity index (χ2v) is 6.60. The van der Waals surface area contributed by atoms with Crippen LogP contribution in [0.2, 0.25) is 5.02 Å². The average molecular weight is 358 g/mol. The van der Waals surface area contributed by atoms with Crippen molar-refractivity contribution in [2.45, 2.75) is 18.9 Å². The van der Waals surface area contributed by atoms with E-state index in [-0.39, 0.29) is 18.4 Å². The third-order valence-electron chi connectivity index (χ3n) is 4.46. The van der Waals surface area contributed by atoms with Gasteiger partial charge in [0.1, 0.15) is 0 Å². The van der Waals surface area contributed by atoms with E-state index >= 15 is 0 Å². The summed E-state index contributed by atoms with van der Waals surface area (Å²) in [5, 5.41) is 0.472. The lowest BCUT2D eigenvalue weighted by atomic mass is 9.91. The molecule has 2 aromatic rings. The van der Waals surface area contributed by atoms with Crippen molar-refractivity contribution in [3.05, 3.63) is 70.2 Å². The van der Waals surface area contributed by atoms with Crippen LogP contribution < -0.4 is 10.9 Å². The monoisotopic (exact) mass is 357 g/mol. The molecule has 2 N–H and O–H groups in total. The molecule has 0 spiro atoms. The van der Waals surface area contributed by atoms with Gasteiger partial charge in [0.2, 0.25) is 5.91 Å². The van der Waals surface area contributed by atoms with Crippen molar-refractivity contribution in [3.8, 4) is 0 Å². The van der Waals surface area contributed by atoms with Crippen LogP contribution in [0.5, 0.6) is 0 Å². The molecular formula is C19H20ClN3O2. The summed E-state index contributed by atoms with van der Waals surface area (Å²) in [5.74, 6) is -0.628. The molecule has 0 fully saturated rings. The molecule has 0 saturated carbocycles. The molecule has 2 aromatic carbocycles. The topological polar surface area (TPSA) is 61.4 Å². The van der Waals surface area contributed by atoms with Gasteiger partial charge in [0, 0.05) is 29.6 Å². The van der Waals surface area contributed by atoms with Gasteiger partial charge in [-0.15, -0.1) is 0 Å². The average Bonchev–Trinajstić information content (AvgIpc) is 2.62. The molecule has 25 heavy (non-hydrogen) atoms. The molecule has 0 aromatic heterocycles. The summed E-state index contributed by atoms with van der Waals surface area (Å²) in [5.41, 5.74) is 7.78. The lowest BCUT2D eigenvalue weighted by molar-refractivity contribution is -0.123. The fraction of sp³-hybridized carbons (Fsp3) is 0.263. The zero-order valence-electron chi connectivity index (χ0n) is 14.0. The number of amides is 2. The van der Waals surface area contributed by atoms with Crippen molar-refractivity contribution in [2.75, 3.05) is 13.6 Å². The van der Waals surface area contributed by atoms with Crippen LogP contribution in [0, 0.1) is 0 Å². The first-order valence-corrected chi connectivity index (χ1v) is 8.55. The zero-order chi connectivity index (χ0) is 17.8. The molecule has 6 heteroatoms. The molecule has 0 aliphatic carbocycles. The van der Waals surface area contributed by atoms with Crippen LogP contribution in [0.1, 0.15) is 33.9 Å². The predicted octanol–water partition coefficient (Wildman–Crippen LogP) is 2.72. The quantitative estimate of drug-likeness (QED) is 0.830. The van der Waals surface area contributed by atoms with Crippen LogP contribution >= 0.6 is 11.6 Å². The molecule has 0 radical (unpaired) electrons. The van der Waals surface area contributed by atoms with E-state index in [1.807, 2.05) is 19.2 Å². The van der Waals surface area contributed by atoms with Crippen molar-refractivity contribution in [1.82, 2.24) is 15.8 Å². The Morgan fingerprint density at radius 2 is 1.96 bits per heavy atom. The number of hydrogen-bond acceptors (Lipinski definition) is 3. The van der Waals surface area contributed by atoms with E-state index in [9.17, 15) is 9.59 Å². The van der Waals surface area contributed by atoms with E-state index < -0.39 is 5.91 Å². The highest BCUT2D eigenvalue weighted by Crippen LogP contribution is 2.30. The Morgan fingerprint density at radius 3 is 2.76 bits per heavy atom. The summed E-state index contributed by atoms with van der Waals surface area (Å²) in [6.07, 6.45) is 1.26. The molecule has 2 amide bonds. The first-order valence-electron chi connectivity index (χ1n) is 8.17. The van der Waals surface area contributed by atoms with Crippen molar-refractivity contribution in [2.24, 2.45) is 0 Å². The minimum atomic E-state index is -0.395. The molecule has 1 unspecified atom stereocenters. The van der Waals surface area contributed by atoms with Crippen molar-refractivity contribution >= 4 is 23.4 Å². The normalized spacial score (nSPS) is 16.8. The molecule has 1 aliphatic heterocycles. The van der Waals surface area contributed by atoms with E-state index in [2.05, 4.69) is 27.9 Å². The van der Waals surface area contributed by atoms with Gasteiger partial charge in [-0.2, -0.15) is 0 Å². The minimum Gasteiger partial charge on any atom is -0.299 e. The number of rotatable bonds is 3. The van der Waals surface area contributed by atoms with E-state index in [1.54, 1.807) is 24.3 Å². The van der Waals surface area contributed by atoms with Gasteiger partial charge >= 0.3 is 0 Å². The van der Waals surface area contributed by atoms with Crippen molar-refractivity contribution in [1.29, 1.82) is 0 Å². The Balaban J connectivity index is 1.60. The Labute approximate surface area is 151 Å². The highest BCUT2D eigenvalue weighted by Gasteiger charge is 2.26. The Kier molecular flexibility index (Phi) is 5.36. The van der Waals surface area contributed by atoms with E-state index in [1.165, 1.54) is 11.1 Å². The molecular weight excluding hydrogens is 338 g/mol. The number of likely N-dealkylation sites (N-methyl/N-ethyl adjacent to an activating group) is 1. The van der Waals surface area contributed by atoms with E-state index in [4.69, 9.17) is 11.6 Å². The summed E-state index contributed by atoms with van der Waals surface area (Å²) < 4.78 is 0. The number of nitrogens with one attached hydrogen (secondary N) is 2. The fourth-order valence-corrected chi connectivity index (χ4v) is 3.29. The number of carbonyl (C=O) groups is 2. The summed E-state index contributed by atoms with van der Waals surface area (Å²) in [6.45, 7) is 0.907. The number of benzene rings is 2. The van der Waals surface area contributed by atoms with Crippen LogP contribution in [0.3, 0.4) is 0 Å². The van der Waals surface area contributed by atoms with Crippen molar-refractivity contribution < 1.29 is 9.59 Å². The molecule has 0 bridgehead atoms. The van der Waals surface area contributed by atoms with Gasteiger partial charge in [-0.25, -0.2) is 0 Å². The Bertz CT molecular complexity index is 794. The lowest BCUT2D eigenvalue weighted by Gasteiger charge is -2.34. The molecule has 3 rings (SSSR count). The third-order valence-corrected chi connectivity index (χ3v) is 4.70. The van der Waals surface area contributed by atoms with Crippen LogP contribution in [0.15, 0.2) is 48.5 Å². The summed E-state index contributed by atoms with van der Waals surface area (Å²) in [7, 11) is 2.01. The first-order chi connectivity index (χ1) is 12.0. The van der Waals surface area contributed by atoms with E-state index in [0.29, 0.717) is 10.6 Å². The molecule has 1 atom stereocenters. The first kappa shape index (κ1) is 17.5. The van der Waals surface area contributed by atoms with Gasteiger partial charge in [-0.3, -0.25) is 25.3 Å². The lowest BCUT2D eigenvalue weighted by Crippen LogP contribution is -2.44. The summed E-state index contributed by atoms with van der Waals surface area (Å²) in [6, 6.07) is 14.7. The van der Waals surface area contributed by atoms with E-state index in [0.717, 1.165) is 13.0 Å². The standard InChI is InChI=1S/C19H20ClN3O2/c1-23-10-9-13-5-2-3-8-16(13)17(23)12-18(24)21-22-19(25)14-6-4-7-15(20)11-14/h2-8,11,17H,9-10,12H2,1H3,(H,21,24)(H,22,25). The molecule has 130 valence electrons. The Hall–Kier alpha value is -2.37. The number of fused-ring (bicyclic) bond motifs is 1. The van der Waals surface area contributed by atoms with Gasteiger partial charge < -0.3 is 0 Å². The number of hydrogen-bond donors (Lipinski definition) is 2. The van der Waals surface area contributed by atoms with Gasteiger partial charge in [-0.1, -0.05) is 41.9 Å². The van der Waals surface area contributed by atoms with Crippen LogP contribution in [-0.4, -0.2) is 30.3 Å². The highest BCUT2D eigenvalue weighted by molar-refractivity contribution is 6.30. The van der Waals surface area contributed by atoms with Gasteiger partial charge in [0.25, 0.3) is 5.91 Å². The number of halogens is 1. The van der Waals surface area contributed by atoms with Crippen LogP contribution in [0.25, 0.3) is 0 Å². The maximum absolute atomic E-state index is 12.3. The third kappa shape index (κ3) is 4.18. The number of nitrogens with zero attached hydrogens (tertiary/aromatic N) is 1. The molecule has 1 heterocycles. The van der Waals surface area contributed by atoms with Gasteiger partial charge in [0.05, 0.1) is 0 Å². The Morgan fingerprint density at radius 1 is 1.16 bits per heavy atom.